The molecule has 0 amide bonds. The molecule has 0 radical (unpaired) electrons. The summed E-state index contributed by atoms with van der Waals surface area (Å²) in [5.74, 6) is 1.84. The fraction of sp³-hybridized carbons (Fsp3) is 1.00. The Hall–Kier alpha value is -0.420. The van der Waals surface area contributed by atoms with Gasteiger partial charge in [-0.1, -0.05) is 27.7 Å². The number of alkyl halides is 6. The molecule has 0 bridgehead atoms. The molecule has 3 saturated carbocycles. The number of hydrogen-bond donors (Lipinski definition) is 0. The van der Waals surface area contributed by atoms with Gasteiger partial charge in [0.05, 0.1) is 0 Å². The molecule has 140 valence electrons. The van der Waals surface area contributed by atoms with E-state index in [1.807, 2.05) is 0 Å². The number of halogens is 6. The van der Waals surface area contributed by atoms with Crippen molar-refractivity contribution in [3.8, 4) is 0 Å². The summed E-state index contributed by atoms with van der Waals surface area (Å²) in [4.78, 5) is 0. The van der Waals surface area contributed by atoms with Crippen molar-refractivity contribution in [1.82, 2.24) is 0 Å². The third-order valence-electron chi connectivity index (χ3n) is 7.91. The predicted octanol–water partition coefficient (Wildman–Crippen LogP) is 6.46. The quantitative estimate of drug-likeness (QED) is 0.507. The van der Waals surface area contributed by atoms with Crippen LogP contribution in [-0.2, 0) is 0 Å². The lowest BCUT2D eigenvalue weighted by atomic mass is 9.74. The van der Waals surface area contributed by atoms with E-state index >= 15 is 0 Å². The van der Waals surface area contributed by atoms with E-state index in [-0.39, 0.29) is 10.8 Å². The van der Waals surface area contributed by atoms with Gasteiger partial charge < -0.3 is 0 Å². The van der Waals surface area contributed by atoms with Gasteiger partial charge in [-0.05, 0) is 66.6 Å². The van der Waals surface area contributed by atoms with Gasteiger partial charge in [-0.2, -0.15) is 26.3 Å². The molecule has 0 aromatic rings. The van der Waals surface area contributed by atoms with E-state index in [2.05, 4.69) is 20.8 Å². The van der Waals surface area contributed by atoms with E-state index in [4.69, 9.17) is 0 Å². The normalized spacial score (nSPS) is 41.6. The highest BCUT2D eigenvalue weighted by Gasteiger charge is 2.83. The molecule has 3 aliphatic rings. The van der Waals surface area contributed by atoms with Gasteiger partial charge >= 0.3 is 12.4 Å². The van der Waals surface area contributed by atoms with E-state index in [9.17, 15) is 26.3 Å². The van der Waals surface area contributed by atoms with Crippen molar-refractivity contribution in [3.63, 3.8) is 0 Å². The minimum Gasteiger partial charge on any atom is -0.170 e. The topological polar surface area (TPSA) is 0 Å². The SMILES string of the molecule is CC(CC12CC3C(C)C3C1C2(C)C)CC(C)(C(F)(F)F)C(F)(F)F. The van der Waals surface area contributed by atoms with Crippen molar-refractivity contribution in [2.24, 2.45) is 45.8 Å². The number of hydrogen-bond acceptors (Lipinski definition) is 0. The van der Waals surface area contributed by atoms with Crippen LogP contribution < -0.4 is 0 Å². The molecule has 0 nitrogen and oxygen atoms in total. The molecule has 0 saturated heterocycles. The predicted molar refractivity (Wildman–Crippen MR) is 79.1 cm³/mol. The summed E-state index contributed by atoms with van der Waals surface area (Å²) in [6, 6.07) is 0. The molecule has 0 aliphatic heterocycles. The van der Waals surface area contributed by atoms with E-state index in [1.54, 1.807) is 6.92 Å². The van der Waals surface area contributed by atoms with Crippen LogP contribution in [-0.4, -0.2) is 12.4 Å². The van der Waals surface area contributed by atoms with Gasteiger partial charge in [-0.3, -0.25) is 0 Å². The molecule has 0 aromatic carbocycles. The van der Waals surface area contributed by atoms with Crippen LogP contribution in [0.2, 0.25) is 0 Å². The molecule has 24 heavy (non-hydrogen) atoms. The zero-order valence-corrected chi connectivity index (χ0v) is 14.8. The summed E-state index contributed by atoms with van der Waals surface area (Å²) in [5, 5.41) is 0. The maximum atomic E-state index is 13.1. The Morgan fingerprint density at radius 3 is 1.96 bits per heavy atom. The van der Waals surface area contributed by atoms with E-state index in [0.717, 1.165) is 6.42 Å². The summed E-state index contributed by atoms with van der Waals surface area (Å²) < 4.78 is 78.8. The van der Waals surface area contributed by atoms with Crippen molar-refractivity contribution in [2.75, 3.05) is 0 Å². The molecular formula is C18H26F6. The first-order chi connectivity index (χ1) is 10.6. The molecule has 0 aromatic heterocycles. The van der Waals surface area contributed by atoms with Crippen molar-refractivity contribution < 1.29 is 26.3 Å². The standard InChI is InChI=1S/C18H26F6/c1-9(6-15(5,17(19,20)21)18(22,23)24)7-16-8-11-10(2)12(11)13(16)14(16,3)4/h9-13H,6-8H2,1-5H3. The molecule has 6 atom stereocenters. The maximum absolute atomic E-state index is 13.1. The third kappa shape index (κ3) is 2.13. The lowest BCUT2D eigenvalue weighted by molar-refractivity contribution is -0.339. The van der Waals surface area contributed by atoms with Gasteiger partial charge in [-0.25, -0.2) is 0 Å². The number of rotatable bonds is 4. The fourth-order valence-corrected chi connectivity index (χ4v) is 6.36. The van der Waals surface area contributed by atoms with E-state index < -0.39 is 30.1 Å². The molecule has 6 heteroatoms. The Labute approximate surface area is 139 Å². The summed E-state index contributed by atoms with van der Waals surface area (Å²) in [6.45, 7) is 8.35. The lowest BCUT2D eigenvalue weighted by Crippen LogP contribution is -2.48. The van der Waals surface area contributed by atoms with Crippen LogP contribution in [0.25, 0.3) is 0 Å². The Morgan fingerprint density at radius 2 is 1.54 bits per heavy atom. The van der Waals surface area contributed by atoms with Crippen LogP contribution in [0.4, 0.5) is 26.3 Å². The fourth-order valence-electron chi connectivity index (χ4n) is 6.36. The largest absolute Gasteiger partial charge is 0.402 e. The molecule has 3 fully saturated rings. The van der Waals surface area contributed by atoms with E-state index in [1.165, 1.54) is 0 Å². The zero-order valence-electron chi connectivity index (χ0n) is 14.8. The minimum absolute atomic E-state index is 0.0354. The second-order valence-electron chi connectivity index (χ2n) is 9.50. The van der Waals surface area contributed by atoms with Crippen molar-refractivity contribution in [2.45, 2.75) is 66.2 Å². The van der Waals surface area contributed by atoms with E-state index in [0.29, 0.717) is 37.0 Å². The molecule has 0 spiro atoms. The first kappa shape index (κ1) is 18.4. The molecule has 0 heterocycles. The van der Waals surface area contributed by atoms with Gasteiger partial charge in [0, 0.05) is 0 Å². The number of fused-ring (bicyclic) bond motifs is 3. The van der Waals surface area contributed by atoms with Gasteiger partial charge in [0.1, 0.15) is 0 Å². The van der Waals surface area contributed by atoms with Gasteiger partial charge in [0.25, 0.3) is 0 Å². The molecule has 0 N–H and O–H groups in total. The highest BCUT2D eigenvalue weighted by molar-refractivity contribution is 5.30. The Kier molecular flexibility index (Phi) is 3.56. The van der Waals surface area contributed by atoms with Gasteiger partial charge in [0.2, 0.25) is 0 Å². The second-order valence-corrected chi connectivity index (χ2v) is 9.50. The first-order valence-electron chi connectivity index (χ1n) is 8.73. The summed E-state index contributed by atoms with van der Waals surface area (Å²) in [6.07, 6.45) is -9.97. The smallest absolute Gasteiger partial charge is 0.170 e. The Bertz CT molecular complexity index is 517. The molecule has 3 aliphatic carbocycles. The lowest BCUT2D eigenvalue weighted by Gasteiger charge is -2.37. The summed E-state index contributed by atoms with van der Waals surface area (Å²) in [7, 11) is 0. The van der Waals surface area contributed by atoms with Crippen LogP contribution >= 0.6 is 0 Å². The van der Waals surface area contributed by atoms with Gasteiger partial charge in [0.15, 0.2) is 5.41 Å². The second kappa shape index (κ2) is 4.64. The molecule has 3 rings (SSSR count). The van der Waals surface area contributed by atoms with Crippen molar-refractivity contribution in [1.29, 1.82) is 0 Å². The Morgan fingerprint density at radius 1 is 1.04 bits per heavy atom. The van der Waals surface area contributed by atoms with Crippen LogP contribution in [0.15, 0.2) is 0 Å². The summed E-state index contributed by atoms with van der Waals surface area (Å²) >= 11 is 0. The van der Waals surface area contributed by atoms with Crippen LogP contribution in [0.5, 0.6) is 0 Å². The molecule has 6 unspecified atom stereocenters. The maximum Gasteiger partial charge on any atom is 0.402 e. The Balaban J connectivity index is 1.73. The third-order valence-corrected chi connectivity index (χ3v) is 7.91. The molecular weight excluding hydrogens is 330 g/mol. The van der Waals surface area contributed by atoms with Crippen LogP contribution in [0.1, 0.15) is 53.9 Å². The first-order valence-corrected chi connectivity index (χ1v) is 8.73. The van der Waals surface area contributed by atoms with Crippen molar-refractivity contribution >= 4 is 0 Å². The average molecular weight is 356 g/mol. The minimum atomic E-state index is -5.28. The van der Waals surface area contributed by atoms with Gasteiger partial charge in [-0.15, -0.1) is 0 Å². The monoisotopic (exact) mass is 356 g/mol. The summed E-state index contributed by atoms with van der Waals surface area (Å²) in [5.41, 5.74) is -3.61. The highest BCUT2D eigenvalue weighted by atomic mass is 19.4. The van der Waals surface area contributed by atoms with Crippen molar-refractivity contribution in [3.05, 3.63) is 0 Å². The van der Waals surface area contributed by atoms with Crippen LogP contribution in [0.3, 0.4) is 0 Å². The highest BCUT2D eigenvalue weighted by Crippen LogP contribution is 2.88. The zero-order chi connectivity index (χ0) is 18.5. The van der Waals surface area contributed by atoms with Crippen LogP contribution in [0, 0.1) is 45.8 Å². The average Bonchev–Trinajstić information content (AvgIpc) is 3.02.